The number of ketones is 1. The van der Waals surface area contributed by atoms with Crippen LogP contribution in [0.1, 0.15) is 25.7 Å². The Morgan fingerprint density at radius 3 is 2.44 bits per heavy atom. The molecule has 16 heavy (non-hydrogen) atoms. The minimum Gasteiger partial charge on any atom is -0.301 e. The predicted octanol–water partition coefficient (Wildman–Crippen LogP) is 1.97. The van der Waals surface area contributed by atoms with E-state index in [1.165, 1.54) is 0 Å². The van der Waals surface area contributed by atoms with Gasteiger partial charge in [0.1, 0.15) is 5.78 Å². The third-order valence-electron chi connectivity index (χ3n) is 2.85. The second-order valence-corrected chi connectivity index (χ2v) is 4.04. The summed E-state index contributed by atoms with van der Waals surface area (Å²) < 4.78 is 38.8. The molecule has 0 spiro atoms. The van der Waals surface area contributed by atoms with Crippen LogP contribution in [0.5, 0.6) is 0 Å². The fourth-order valence-electron chi connectivity index (χ4n) is 1.85. The quantitative estimate of drug-likeness (QED) is 0.751. The van der Waals surface area contributed by atoms with Gasteiger partial charge in [-0.3, -0.25) is 9.53 Å². The van der Waals surface area contributed by atoms with Gasteiger partial charge in [0.25, 0.3) is 0 Å². The largest absolute Gasteiger partial charge is 0.522 e. The van der Waals surface area contributed by atoms with Crippen LogP contribution < -0.4 is 0 Å². The Hall–Kier alpha value is -0.620. The lowest BCUT2D eigenvalue weighted by Crippen LogP contribution is -2.38. The van der Waals surface area contributed by atoms with E-state index in [1.54, 1.807) is 7.05 Å². The van der Waals surface area contributed by atoms with Crippen molar-refractivity contribution in [1.29, 1.82) is 0 Å². The van der Waals surface area contributed by atoms with Gasteiger partial charge < -0.3 is 4.90 Å². The van der Waals surface area contributed by atoms with Gasteiger partial charge in [-0.05, 0) is 19.9 Å². The molecule has 3 nitrogen and oxygen atoms in total. The molecule has 0 aromatic rings. The molecule has 0 heterocycles. The Morgan fingerprint density at radius 2 is 1.94 bits per heavy atom. The summed E-state index contributed by atoms with van der Waals surface area (Å²) in [5.74, 6) is 0.246. The van der Waals surface area contributed by atoms with Crippen LogP contribution in [0.25, 0.3) is 0 Å². The minimum atomic E-state index is -4.55. The predicted molar refractivity (Wildman–Crippen MR) is 51.9 cm³/mol. The molecule has 0 radical (unpaired) electrons. The zero-order valence-corrected chi connectivity index (χ0v) is 9.22. The molecule has 6 heteroatoms. The SMILES string of the molecule is CN(CCOC(F)(F)F)C1CCC(=O)CC1. The van der Waals surface area contributed by atoms with Crippen molar-refractivity contribution in [2.24, 2.45) is 0 Å². The van der Waals surface area contributed by atoms with Crippen molar-refractivity contribution in [2.75, 3.05) is 20.2 Å². The fraction of sp³-hybridized carbons (Fsp3) is 0.900. The Kier molecular flexibility index (Phi) is 4.73. The van der Waals surface area contributed by atoms with Crippen molar-refractivity contribution >= 4 is 5.78 Å². The van der Waals surface area contributed by atoms with Gasteiger partial charge in [0.2, 0.25) is 0 Å². The molecule has 1 rings (SSSR count). The number of alkyl halides is 3. The van der Waals surface area contributed by atoms with Crippen molar-refractivity contribution in [3.05, 3.63) is 0 Å². The van der Waals surface area contributed by atoms with Crippen LogP contribution in [0.2, 0.25) is 0 Å². The highest BCUT2D eigenvalue weighted by Crippen LogP contribution is 2.20. The van der Waals surface area contributed by atoms with Crippen molar-refractivity contribution < 1.29 is 22.7 Å². The monoisotopic (exact) mass is 239 g/mol. The van der Waals surface area contributed by atoms with Crippen molar-refractivity contribution in [3.63, 3.8) is 0 Å². The number of hydrogen-bond donors (Lipinski definition) is 0. The van der Waals surface area contributed by atoms with Crippen LogP contribution in [0, 0.1) is 0 Å². The summed E-state index contributed by atoms with van der Waals surface area (Å²) in [7, 11) is 1.76. The number of Topliss-reactive ketones (excluding diaryl/α,β-unsaturated/α-hetero) is 1. The Balaban J connectivity index is 2.20. The lowest BCUT2D eigenvalue weighted by Gasteiger charge is -2.30. The summed E-state index contributed by atoms with van der Waals surface area (Å²) in [6.07, 6.45) is -2.00. The first-order valence-electron chi connectivity index (χ1n) is 5.31. The Morgan fingerprint density at radius 1 is 1.38 bits per heavy atom. The second kappa shape index (κ2) is 5.63. The summed E-state index contributed by atoms with van der Waals surface area (Å²) in [5.41, 5.74) is 0. The van der Waals surface area contributed by atoms with Crippen molar-refractivity contribution in [2.45, 2.75) is 38.1 Å². The fourth-order valence-corrected chi connectivity index (χ4v) is 1.85. The molecule has 0 bridgehead atoms. The van der Waals surface area contributed by atoms with E-state index < -0.39 is 6.36 Å². The highest BCUT2D eigenvalue weighted by atomic mass is 19.4. The minimum absolute atomic E-state index is 0.203. The van der Waals surface area contributed by atoms with Gasteiger partial charge in [0, 0.05) is 25.4 Å². The summed E-state index contributed by atoms with van der Waals surface area (Å²) in [6.45, 7) is -0.122. The standard InChI is InChI=1S/C10H16F3NO2/c1-14(6-7-16-10(11,12)13)8-2-4-9(15)5-3-8/h8H,2-7H2,1H3. The van der Waals surface area contributed by atoms with Crippen LogP contribution in [0.15, 0.2) is 0 Å². The molecular weight excluding hydrogens is 223 g/mol. The molecule has 0 saturated heterocycles. The van der Waals surface area contributed by atoms with Gasteiger partial charge in [0.15, 0.2) is 0 Å². The molecule has 0 aromatic carbocycles. The van der Waals surface area contributed by atoms with Crippen LogP contribution in [-0.2, 0) is 9.53 Å². The second-order valence-electron chi connectivity index (χ2n) is 4.04. The van der Waals surface area contributed by atoms with Gasteiger partial charge in [-0.15, -0.1) is 13.2 Å². The summed E-state index contributed by atoms with van der Waals surface area (Å²) in [4.78, 5) is 12.8. The zero-order valence-electron chi connectivity index (χ0n) is 9.22. The number of rotatable bonds is 4. The number of nitrogens with zero attached hydrogens (tertiary/aromatic N) is 1. The molecule has 0 atom stereocenters. The Bertz CT molecular complexity index is 233. The van der Waals surface area contributed by atoms with E-state index in [1.807, 2.05) is 4.90 Å². The highest BCUT2D eigenvalue weighted by Gasteiger charge is 2.29. The first-order chi connectivity index (χ1) is 7.38. The van der Waals surface area contributed by atoms with Crippen LogP contribution >= 0.6 is 0 Å². The van der Waals surface area contributed by atoms with E-state index in [-0.39, 0.29) is 25.0 Å². The average Bonchev–Trinajstić information content (AvgIpc) is 2.16. The van der Waals surface area contributed by atoms with Gasteiger partial charge in [-0.1, -0.05) is 0 Å². The normalized spacial score (nSPS) is 19.4. The molecule has 0 amide bonds. The van der Waals surface area contributed by atoms with Crippen LogP contribution in [0.4, 0.5) is 13.2 Å². The molecular formula is C10H16F3NO2. The number of halogens is 3. The molecule has 1 fully saturated rings. The molecule has 1 aliphatic carbocycles. The van der Waals surface area contributed by atoms with Gasteiger partial charge in [-0.2, -0.15) is 0 Å². The van der Waals surface area contributed by atoms with E-state index in [0.717, 1.165) is 12.8 Å². The van der Waals surface area contributed by atoms with Crippen LogP contribution in [-0.4, -0.2) is 43.3 Å². The first-order valence-corrected chi connectivity index (χ1v) is 5.31. The van der Waals surface area contributed by atoms with Crippen molar-refractivity contribution in [3.8, 4) is 0 Å². The number of hydrogen-bond acceptors (Lipinski definition) is 3. The van der Waals surface area contributed by atoms with E-state index in [9.17, 15) is 18.0 Å². The van der Waals surface area contributed by atoms with Crippen LogP contribution in [0.3, 0.4) is 0 Å². The third kappa shape index (κ3) is 4.94. The molecule has 0 unspecified atom stereocenters. The summed E-state index contributed by atoms with van der Waals surface area (Å²) in [5, 5.41) is 0. The number of ether oxygens (including phenoxy) is 1. The van der Waals surface area contributed by atoms with Crippen molar-refractivity contribution in [1.82, 2.24) is 4.90 Å². The maximum Gasteiger partial charge on any atom is 0.522 e. The topological polar surface area (TPSA) is 29.5 Å². The van der Waals surface area contributed by atoms with Gasteiger partial charge in [0.05, 0.1) is 6.61 Å². The number of carbonyl (C=O) groups excluding carboxylic acids is 1. The van der Waals surface area contributed by atoms with Gasteiger partial charge in [-0.25, -0.2) is 0 Å². The third-order valence-corrected chi connectivity index (χ3v) is 2.85. The lowest BCUT2D eigenvalue weighted by molar-refractivity contribution is -0.325. The highest BCUT2D eigenvalue weighted by molar-refractivity contribution is 5.79. The van der Waals surface area contributed by atoms with E-state index in [4.69, 9.17) is 0 Å². The maximum absolute atomic E-state index is 11.7. The molecule has 94 valence electrons. The first kappa shape index (κ1) is 13.4. The molecule has 1 saturated carbocycles. The summed E-state index contributed by atoms with van der Waals surface area (Å²) in [6, 6.07) is 0.203. The van der Waals surface area contributed by atoms with E-state index in [2.05, 4.69) is 4.74 Å². The Labute approximate surface area is 92.5 Å². The van der Waals surface area contributed by atoms with E-state index >= 15 is 0 Å². The van der Waals surface area contributed by atoms with Gasteiger partial charge >= 0.3 is 6.36 Å². The smallest absolute Gasteiger partial charge is 0.301 e. The zero-order chi connectivity index (χ0) is 12.2. The maximum atomic E-state index is 11.7. The average molecular weight is 239 g/mol. The number of likely N-dealkylation sites (N-methyl/N-ethyl adjacent to an activating group) is 1. The van der Waals surface area contributed by atoms with E-state index in [0.29, 0.717) is 12.8 Å². The lowest BCUT2D eigenvalue weighted by atomic mass is 9.93. The summed E-state index contributed by atoms with van der Waals surface area (Å²) >= 11 is 0. The molecule has 0 aliphatic heterocycles. The molecule has 0 aromatic heterocycles. The molecule has 1 aliphatic rings. The number of carbonyl (C=O) groups is 1. The molecule has 0 N–H and O–H groups in total.